The van der Waals surface area contributed by atoms with Gasteiger partial charge in [-0.2, -0.15) is 0 Å². The number of halogens is 1. The number of imide groups is 1. The summed E-state index contributed by atoms with van der Waals surface area (Å²) in [4.78, 5) is 37.6. The summed E-state index contributed by atoms with van der Waals surface area (Å²) < 4.78 is 5.31. The van der Waals surface area contributed by atoms with Crippen molar-refractivity contribution in [3.05, 3.63) is 39.8 Å². The van der Waals surface area contributed by atoms with Gasteiger partial charge in [-0.15, -0.1) is 0 Å². The molecule has 0 saturated carbocycles. The van der Waals surface area contributed by atoms with E-state index in [1.807, 2.05) is 13.8 Å². The molecule has 1 aliphatic heterocycles. The lowest BCUT2D eigenvalue weighted by Crippen LogP contribution is -2.37. The molecule has 2 rings (SSSR count). The highest BCUT2D eigenvalue weighted by Crippen LogP contribution is 2.32. The van der Waals surface area contributed by atoms with Crippen LogP contribution >= 0.6 is 23.4 Å². The molecule has 1 heterocycles. The van der Waals surface area contributed by atoms with E-state index in [-0.39, 0.29) is 42.7 Å². The molecule has 1 aromatic carbocycles. The molecule has 8 heteroatoms. The molecule has 1 N–H and O–H groups in total. The molecule has 0 radical (unpaired) electrons. The average Bonchev–Trinajstić information content (AvgIpc) is 2.84. The van der Waals surface area contributed by atoms with Crippen LogP contribution in [0.2, 0.25) is 5.02 Å². The number of thioether (sulfide) groups is 1. The van der Waals surface area contributed by atoms with Crippen molar-refractivity contribution in [3.63, 3.8) is 0 Å². The van der Waals surface area contributed by atoms with E-state index in [1.165, 1.54) is 0 Å². The molecule has 6 nitrogen and oxygen atoms in total. The molecule has 0 aromatic heterocycles. The van der Waals surface area contributed by atoms with E-state index in [0.717, 1.165) is 22.2 Å². The van der Waals surface area contributed by atoms with Crippen LogP contribution in [0.3, 0.4) is 0 Å². The zero-order chi connectivity index (χ0) is 19.1. The Balaban J connectivity index is 1.83. The first-order valence-corrected chi connectivity index (χ1v) is 9.45. The molecule has 0 unspecified atom stereocenters. The van der Waals surface area contributed by atoms with Crippen LogP contribution in [-0.4, -0.2) is 47.8 Å². The number of hydrogen-bond acceptors (Lipinski definition) is 5. The number of carbonyl (C=O) groups is 3. The third-order valence-corrected chi connectivity index (χ3v) is 4.64. The van der Waals surface area contributed by atoms with E-state index in [0.29, 0.717) is 16.5 Å². The molecule has 0 bridgehead atoms. The molecule has 1 aliphatic rings. The van der Waals surface area contributed by atoms with Gasteiger partial charge in [0.15, 0.2) is 0 Å². The van der Waals surface area contributed by atoms with Crippen LogP contribution in [-0.2, 0) is 14.3 Å². The van der Waals surface area contributed by atoms with Gasteiger partial charge in [-0.05, 0) is 49.4 Å². The smallest absolute Gasteiger partial charge is 0.293 e. The lowest BCUT2D eigenvalue weighted by molar-refractivity contribution is -0.125. The molecule has 1 aromatic rings. The Labute approximate surface area is 161 Å². The quantitative estimate of drug-likeness (QED) is 0.682. The molecule has 1 saturated heterocycles. The first kappa shape index (κ1) is 20.5. The van der Waals surface area contributed by atoms with Crippen molar-refractivity contribution in [2.45, 2.75) is 26.4 Å². The summed E-state index contributed by atoms with van der Waals surface area (Å²) in [6.07, 6.45) is 1.98. The van der Waals surface area contributed by atoms with Gasteiger partial charge in [0.1, 0.15) is 0 Å². The van der Waals surface area contributed by atoms with Gasteiger partial charge in [-0.3, -0.25) is 19.3 Å². The average molecular weight is 397 g/mol. The Bertz CT molecular complexity index is 704. The molecular weight excluding hydrogens is 376 g/mol. The zero-order valence-corrected chi connectivity index (χ0v) is 16.2. The second-order valence-electron chi connectivity index (χ2n) is 5.90. The summed E-state index contributed by atoms with van der Waals surface area (Å²) in [5, 5.41) is 2.95. The minimum Gasteiger partial charge on any atom is -0.378 e. The maximum Gasteiger partial charge on any atom is 0.293 e. The van der Waals surface area contributed by atoms with Crippen molar-refractivity contribution in [1.82, 2.24) is 10.2 Å². The highest BCUT2D eigenvalue weighted by Gasteiger charge is 2.34. The Kier molecular flexibility index (Phi) is 7.68. The Morgan fingerprint density at radius 2 is 2.00 bits per heavy atom. The van der Waals surface area contributed by atoms with Crippen molar-refractivity contribution in [3.8, 4) is 0 Å². The highest BCUT2D eigenvalue weighted by atomic mass is 35.5. The van der Waals surface area contributed by atoms with Crippen molar-refractivity contribution in [2.75, 3.05) is 19.7 Å². The van der Waals surface area contributed by atoms with Gasteiger partial charge in [0.05, 0.1) is 17.6 Å². The van der Waals surface area contributed by atoms with Gasteiger partial charge in [-0.1, -0.05) is 23.7 Å². The van der Waals surface area contributed by atoms with Crippen LogP contribution < -0.4 is 5.32 Å². The standard InChI is InChI=1S/C18H21ClN2O4S/c1-12(2)25-10-7-16(22)20-8-9-21-17(23)15(26-18(21)24)11-13-3-5-14(19)6-4-13/h3-6,11-12H,7-10H2,1-2H3,(H,20,22)/b15-11-. The second-order valence-corrected chi connectivity index (χ2v) is 7.33. The fourth-order valence-electron chi connectivity index (χ4n) is 2.19. The Hall–Kier alpha value is -1.83. The number of nitrogens with one attached hydrogen (secondary N) is 1. The number of nitrogens with zero attached hydrogens (tertiary/aromatic N) is 1. The SMILES string of the molecule is CC(C)OCCC(=O)NCCN1C(=O)S/C(=C\c2ccc(Cl)cc2)C1=O. The molecule has 0 atom stereocenters. The van der Waals surface area contributed by atoms with E-state index in [4.69, 9.17) is 16.3 Å². The summed E-state index contributed by atoms with van der Waals surface area (Å²) in [5.41, 5.74) is 0.790. The van der Waals surface area contributed by atoms with Crippen molar-refractivity contribution in [1.29, 1.82) is 0 Å². The zero-order valence-electron chi connectivity index (χ0n) is 14.7. The van der Waals surface area contributed by atoms with E-state index in [1.54, 1.807) is 30.3 Å². The van der Waals surface area contributed by atoms with Crippen LogP contribution in [0.4, 0.5) is 4.79 Å². The van der Waals surface area contributed by atoms with E-state index >= 15 is 0 Å². The summed E-state index contributed by atoms with van der Waals surface area (Å²) in [5.74, 6) is -0.526. The predicted molar refractivity (Wildman–Crippen MR) is 103 cm³/mol. The van der Waals surface area contributed by atoms with Gasteiger partial charge >= 0.3 is 0 Å². The fraction of sp³-hybridized carbons (Fsp3) is 0.389. The van der Waals surface area contributed by atoms with Crippen molar-refractivity contribution >= 4 is 46.5 Å². The van der Waals surface area contributed by atoms with Crippen LogP contribution in [0.25, 0.3) is 6.08 Å². The minimum atomic E-state index is -0.354. The molecule has 140 valence electrons. The molecule has 0 spiro atoms. The number of ether oxygens (including phenoxy) is 1. The van der Waals surface area contributed by atoms with Gasteiger partial charge in [0.25, 0.3) is 11.1 Å². The molecule has 0 aliphatic carbocycles. The third kappa shape index (κ3) is 6.16. The van der Waals surface area contributed by atoms with Crippen molar-refractivity contribution in [2.24, 2.45) is 0 Å². The number of carbonyl (C=O) groups excluding carboxylic acids is 3. The lowest BCUT2D eigenvalue weighted by Gasteiger charge is -2.13. The third-order valence-electron chi connectivity index (χ3n) is 3.48. The summed E-state index contributed by atoms with van der Waals surface area (Å²) >= 11 is 6.73. The van der Waals surface area contributed by atoms with Gasteiger partial charge in [-0.25, -0.2) is 0 Å². The Morgan fingerprint density at radius 3 is 2.65 bits per heavy atom. The summed E-state index contributed by atoms with van der Waals surface area (Å²) in [6, 6.07) is 6.98. The summed E-state index contributed by atoms with van der Waals surface area (Å²) in [6.45, 7) is 4.49. The fourth-order valence-corrected chi connectivity index (χ4v) is 3.18. The second kappa shape index (κ2) is 9.75. The van der Waals surface area contributed by atoms with Gasteiger partial charge < -0.3 is 10.1 Å². The lowest BCUT2D eigenvalue weighted by atomic mass is 10.2. The Morgan fingerprint density at radius 1 is 1.31 bits per heavy atom. The maximum absolute atomic E-state index is 12.4. The number of benzene rings is 1. The minimum absolute atomic E-state index is 0.0746. The normalized spacial score (nSPS) is 16.0. The monoisotopic (exact) mass is 396 g/mol. The van der Waals surface area contributed by atoms with E-state index in [2.05, 4.69) is 5.32 Å². The van der Waals surface area contributed by atoms with Crippen LogP contribution in [0, 0.1) is 0 Å². The molecule has 3 amide bonds. The maximum atomic E-state index is 12.4. The van der Waals surface area contributed by atoms with E-state index in [9.17, 15) is 14.4 Å². The van der Waals surface area contributed by atoms with Crippen LogP contribution in [0.15, 0.2) is 29.2 Å². The number of hydrogen-bond donors (Lipinski definition) is 1. The van der Waals surface area contributed by atoms with Crippen molar-refractivity contribution < 1.29 is 19.1 Å². The number of amides is 3. The predicted octanol–water partition coefficient (Wildman–Crippen LogP) is 3.31. The number of rotatable bonds is 8. The molecule has 26 heavy (non-hydrogen) atoms. The van der Waals surface area contributed by atoms with E-state index < -0.39 is 0 Å². The first-order valence-electron chi connectivity index (χ1n) is 8.26. The van der Waals surface area contributed by atoms with Crippen LogP contribution in [0.5, 0.6) is 0 Å². The molecule has 1 fully saturated rings. The van der Waals surface area contributed by atoms with Crippen LogP contribution in [0.1, 0.15) is 25.8 Å². The van der Waals surface area contributed by atoms with Gasteiger partial charge in [0, 0.05) is 24.5 Å². The topological polar surface area (TPSA) is 75.7 Å². The molecular formula is C18H21ClN2O4S. The largest absolute Gasteiger partial charge is 0.378 e. The van der Waals surface area contributed by atoms with Gasteiger partial charge in [0.2, 0.25) is 5.91 Å². The first-order chi connectivity index (χ1) is 12.4. The summed E-state index contributed by atoms with van der Waals surface area (Å²) in [7, 11) is 0. The highest BCUT2D eigenvalue weighted by molar-refractivity contribution is 8.18.